The summed E-state index contributed by atoms with van der Waals surface area (Å²) in [6.45, 7) is 5.70. The Morgan fingerprint density at radius 1 is 1.15 bits per heavy atom. The summed E-state index contributed by atoms with van der Waals surface area (Å²) in [7, 11) is 0. The molecule has 0 unspecified atom stereocenters. The minimum Gasteiger partial charge on any atom is -0.355 e. The third kappa shape index (κ3) is 5.86. The van der Waals surface area contributed by atoms with Crippen molar-refractivity contribution in [3.05, 3.63) is 70.7 Å². The lowest BCUT2D eigenvalue weighted by Crippen LogP contribution is -2.37. The van der Waals surface area contributed by atoms with Gasteiger partial charge in [0.2, 0.25) is 0 Å². The van der Waals surface area contributed by atoms with Crippen molar-refractivity contribution >= 4 is 45.3 Å². The zero-order valence-corrected chi connectivity index (χ0v) is 15.8. The summed E-state index contributed by atoms with van der Waals surface area (Å²) in [5.41, 5.74) is 5.86. The number of carbonyl (C=O) groups excluding carboxylic acids is 2. The summed E-state index contributed by atoms with van der Waals surface area (Å²) in [5.74, 6) is -1.61. The SMILES string of the molecule is C=CCNC(=O)C(=O)N/N=C\c1cc(Br)ccc1Nc1ccc(C)cc1. The highest BCUT2D eigenvalue weighted by Crippen LogP contribution is 2.23. The van der Waals surface area contributed by atoms with E-state index < -0.39 is 11.8 Å². The van der Waals surface area contributed by atoms with Gasteiger partial charge in [0.25, 0.3) is 0 Å². The molecular weight excluding hydrogens is 396 g/mol. The van der Waals surface area contributed by atoms with E-state index in [2.05, 4.69) is 43.7 Å². The van der Waals surface area contributed by atoms with Gasteiger partial charge in [-0.05, 0) is 37.3 Å². The van der Waals surface area contributed by atoms with Gasteiger partial charge in [0.1, 0.15) is 0 Å². The first-order valence-electron chi connectivity index (χ1n) is 7.85. The number of anilines is 2. The lowest BCUT2D eigenvalue weighted by molar-refractivity contribution is -0.139. The van der Waals surface area contributed by atoms with Gasteiger partial charge in [-0.3, -0.25) is 9.59 Å². The number of aryl methyl sites for hydroxylation is 1. The van der Waals surface area contributed by atoms with Crippen LogP contribution in [0.1, 0.15) is 11.1 Å². The Bertz CT molecular complexity index is 832. The molecule has 0 radical (unpaired) electrons. The van der Waals surface area contributed by atoms with Crippen molar-refractivity contribution in [3.63, 3.8) is 0 Å². The largest absolute Gasteiger partial charge is 0.355 e. The topological polar surface area (TPSA) is 82.6 Å². The zero-order valence-electron chi connectivity index (χ0n) is 14.3. The number of hydrogen-bond donors (Lipinski definition) is 3. The average molecular weight is 415 g/mol. The predicted octanol–water partition coefficient (Wildman–Crippen LogP) is 3.25. The summed E-state index contributed by atoms with van der Waals surface area (Å²) >= 11 is 3.41. The number of hydrogen-bond acceptors (Lipinski definition) is 4. The van der Waals surface area contributed by atoms with Crippen LogP contribution in [0.5, 0.6) is 0 Å². The summed E-state index contributed by atoms with van der Waals surface area (Å²) in [6.07, 6.45) is 2.96. The van der Waals surface area contributed by atoms with Crippen LogP contribution in [0.25, 0.3) is 0 Å². The second kappa shape index (κ2) is 9.53. The first-order valence-corrected chi connectivity index (χ1v) is 8.64. The number of nitrogens with zero attached hydrogens (tertiary/aromatic N) is 1. The van der Waals surface area contributed by atoms with Crippen LogP contribution in [0.15, 0.2) is 64.7 Å². The Kier molecular flexibility index (Phi) is 7.11. The monoisotopic (exact) mass is 414 g/mol. The summed E-state index contributed by atoms with van der Waals surface area (Å²) in [6, 6.07) is 13.6. The molecule has 0 saturated heterocycles. The van der Waals surface area contributed by atoms with E-state index in [0.29, 0.717) is 0 Å². The fraction of sp³-hybridized carbons (Fsp3) is 0.105. The molecule has 0 bridgehead atoms. The van der Waals surface area contributed by atoms with E-state index in [4.69, 9.17) is 0 Å². The molecule has 134 valence electrons. The van der Waals surface area contributed by atoms with Crippen molar-refractivity contribution < 1.29 is 9.59 Å². The van der Waals surface area contributed by atoms with Gasteiger partial charge < -0.3 is 10.6 Å². The molecule has 0 fully saturated rings. The average Bonchev–Trinajstić information content (AvgIpc) is 2.63. The molecule has 2 aromatic carbocycles. The van der Waals surface area contributed by atoms with Gasteiger partial charge in [-0.15, -0.1) is 6.58 Å². The Balaban J connectivity index is 2.09. The molecule has 0 aliphatic rings. The van der Waals surface area contributed by atoms with Gasteiger partial charge in [-0.1, -0.05) is 39.7 Å². The van der Waals surface area contributed by atoms with E-state index >= 15 is 0 Å². The van der Waals surface area contributed by atoms with E-state index in [1.54, 1.807) is 0 Å². The lowest BCUT2D eigenvalue weighted by Gasteiger charge is -2.10. The second-order valence-corrected chi connectivity index (χ2v) is 6.34. The maximum atomic E-state index is 11.6. The molecule has 0 aromatic heterocycles. The van der Waals surface area contributed by atoms with Crippen LogP contribution < -0.4 is 16.1 Å². The molecule has 0 aliphatic heterocycles. The Morgan fingerprint density at radius 2 is 1.88 bits per heavy atom. The quantitative estimate of drug-likeness (QED) is 0.293. The van der Waals surface area contributed by atoms with Crippen molar-refractivity contribution in [2.75, 3.05) is 11.9 Å². The minimum absolute atomic E-state index is 0.215. The first-order chi connectivity index (χ1) is 12.5. The first kappa shape index (κ1) is 19.4. The molecule has 2 rings (SSSR count). The standard InChI is InChI=1S/C19H19BrN4O2/c1-3-10-21-18(25)19(26)24-22-12-14-11-15(20)6-9-17(14)23-16-7-4-13(2)5-8-16/h3-9,11-12,23H,1,10H2,2H3,(H,21,25)(H,24,26)/b22-12-. The van der Waals surface area contributed by atoms with Gasteiger partial charge in [-0.25, -0.2) is 5.43 Å². The maximum absolute atomic E-state index is 11.6. The molecule has 0 saturated carbocycles. The number of amides is 2. The fourth-order valence-corrected chi connectivity index (χ4v) is 2.38. The third-order valence-corrected chi connectivity index (χ3v) is 3.82. The zero-order chi connectivity index (χ0) is 18.9. The van der Waals surface area contributed by atoms with E-state index in [9.17, 15) is 9.59 Å². The Morgan fingerprint density at radius 3 is 2.58 bits per heavy atom. The third-order valence-electron chi connectivity index (χ3n) is 3.33. The fourth-order valence-electron chi connectivity index (χ4n) is 2.00. The normalized spacial score (nSPS) is 10.4. The molecule has 26 heavy (non-hydrogen) atoms. The van der Waals surface area contributed by atoms with E-state index in [1.807, 2.05) is 49.4 Å². The van der Waals surface area contributed by atoms with Gasteiger partial charge in [0.05, 0.1) is 6.21 Å². The molecule has 0 aliphatic carbocycles. The molecule has 0 heterocycles. The van der Waals surface area contributed by atoms with Crippen LogP contribution in [0.4, 0.5) is 11.4 Å². The lowest BCUT2D eigenvalue weighted by atomic mass is 10.1. The minimum atomic E-state index is -0.842. The number of carbonyl (C=O) groups is 2. The van der Waals surface area contributed by atoms with Crippen LogP contribution in [0.3, 0.4) is 0 Å². The maximum Gasteiger partial charge on any atom is 0.329 e. The van der Waals surface area contributed by atoms with Crippen molar-refractivity contribution in [1.82, 2.24) is 10.7 Å². The molecule has 3 N–H and O–H groups in total. The summed E-state index contributed by atoms with van der Waals surface area (Å²) < 4.78 is 0.864. The molecule has 6 nitrogen and oxygen atoms in total. The van der Waals surface area contributed by atoms with Gasteiger partial charge in [-0.2, -0.15) is 5.10 Å². The number of hydrazone groups is 1. The van der Waals surface area contributed by atoms with E-state index in [1.165, 1.54) is 17.9 Å². The van der Waals surface area contributed by atoms with Gasteiger partial charge >= 0.3 is 11.8 Å². The number of rotatable bonds is 6. The number of nitrogens with one attached hydrogen (secondary N) is 3. The highest BCUT2D eigenvalue weighted by molar-refractivity contribution is 9.10. The van der Waals surface area contributed by atoms with Crippen molar-refractivity contribution in [3.8, 4) is 0 Å². The van der Waals surface area contributed by atoms with Crippen molar-refractivity contribution in [2.24, 2.45) is 5.10 Å². The number of halogens is 1. The Labute approximate surface area is 160 Å². The Hall–Kier alpha value is -2.93. The van der Waals surface area contributed by atoms with Crippen LogP contribution in [0, 0.1) is 6.92 Å². The molecule has 2 aromatic rings. The van der Waals surface area contributed by atoms with Gasteiger partial charge in [0, 0.05) is 28.0 Å². The highest BCUT2D eigenvalue weighted by atomic mass is 79.9. The predicted molar refractivity (Wildman–Crippen MR) is 108 cm³/mol. The molecule has 0 atom stereocenters. The van der Waals surface area contributed by atoms with E-state index in [-0.39, 0.29) is 6.54 Å². The molecule has 7 heteroatoms. The summed E-state index contributed by atoms with van der Waals surface area (Å²) in [4.78, 5) is 23.1. The number of benzene rings is 2. The highest BCUT2D eigenvalue weighted by Gasteiger charge is 2.10. The van der Waals surface area contributed by atoms with Crippen LogP contribution in [-0.2, 0) is 9.59 Å². The van der Waals surface area contributed by atoms with Crippen molar-refractivity contribution in [1.29, 1.82) is 0 Å². The summed E-state index contributed by atoms with van der Waals surface area (Å²) in [5, 5.41) is 9.53. The van der Waals surface area contributed by atoms with Crippen molar-refractivity contribution in [2.45, 2.75) is 6.92 Å². The molecule has 2 amide bonds. The van der Waals surface area contributed by atoms with E-state index in [0.717, 1.165) is 21.4 Å². The molecular formula is C19H19BrN4O2. The molecule has 0 spiro atoms. The second-order valence-electron chi connectivity index (χ2n) is 5.42. The van der Waals surface area contributed by atoms with Crippen LogP contribution in [0.2, 0.25) is 0 Å². The van der Waals surface area contributed by atoms with Crippen LogP contribution >= 0.6 is 15.9 Å². The smallest absolute Gasteiger partial charge is 0.329 e. The van der Waals surface area contributed by atoms with Crippen LogP contribution in [-0.4, -0.2) is 24.6 Å². The van der Waals surface area contributed by atoms with Gasteiger partial charge in [0.15, 0.2) is 0 Å².